The lowest BCUT2D eigenvalue weighted by atomic mass is 10.1. The van der Waals surface area contributed by atoms with Crippen molar-refractivity contribution in [3.63, 3.8) is 0 Å². The Kier molecular flexibility index (Phi) is 4.54. The summed E-state index contributed by atoms with van der Waals surface area (Å²) in [6.45, 7) is 3.73. The second-order valence-corrected chi connectivity index (χ2v) is 2.67. The number of hydrogen-bond donors (Lipinski definition) is 2. The predicted molar refractivity (Wildman–Crippen MR) is 45.8 cm³/mol. The van der Waals surface area contributed by atoms with Gasteiger partial charge in [0.2, 0.25) is 5.91 Å². The van der Waals surface area contributed by atoms with Gasteiger partial charge in [0.15, 0.2) is 0 Å². The molecule has 0 saturated carbocycles. The van der Waals surface area contributed by atoms with Crippen LogP contribution in [0.4, 0.5) is 0 Å². The first kappa shape index (κ1) is 10.2. The normalized spacial score (nSPS) is 14.6. The van der Waals surface area contributed by atoms with Crippen molar-refractivity contribution >= 4 is 5.91 Å². The lowest BCUT2D eigenvalue weighted by Crippen LogP contribution is -2.20. The van der Waals surface area contributed by atoms with Gasteiger partial charge < -0.3 is 11.5 Å². The highest BCUT2D eigenvalue weighted by atomic mass is 16.1. The number of nitrogens with two attached hydrogens (primary N) is 2. The molecule has 11 heavy (non-hydrogen) atoms. The predicted octanol–water partition coefficient (Wildman–Crippen LogP) is 0.545. The molecule has 0 radical (unpaired) electrons. The summed E-state index contributed by atoms with van der Waals surface area (Å²) in [6, 6.07) is -0.0347. The van der Waals surface area contributed by atoms with E-state index in [2.05, 4.69) is 0 Å². The quantitative estimate of drug-likeness (QED) is 0.583. The van der Waals surface area contributed by atoms with Crippen molar-refractivity contribution in [1.29, 1.82) is 0 Å². The van der Waals surface area contributed by atoms with Crippen molar-refractivity contribution < 1.29 is 4.79 Å². The minimum atomic E-state index is -0.392. The molecule has 3 nitrogen and oxygen atoms in total. The Hall–Kier alpha value is -0.830. The third-order valence-electron chi connectivity index (χ3n) is 1.47. The van der Waals surface area contributed by atoms with Gasteiger partial charge in [0.1, 0.15) is 0 Å². The van der Waals surface area contributed by atoms with Gasteiger partial charge in [-0.2, -0.15) is 0 Å². The molecule has 0 aromatic heterocycles. The van der Waals surface area contributed by atoms with E-state index in [0.717, 1.165) is 12.8 Å². The second-order valence-electron chi connectivity index (χ2n) is 2.67. The molecule has 0 rings (SSSR count). The van der Waals surface area contributed by atoms with Crippen LogP contribution in [0.25, 0.3) is 0 Å². The van der Waals surface area contributed by atoms with Crippen LogP contribution in [0, 0.1) is 0 Å². The Morgan fingerprint density at radius 2 is 2.18 bits per heavy atom. The van der Waals surface area contributed by atoms with Crippen LogP contribution in [0.5, 0.6) is 0 Å². The van der Waals surface area contributed by atoms with Crippen molar-refractivity contribution in [3.8, 4) is 0 Å². The molecule has 0 aromatic rings. The third-order valence-corrected chi connectivity index (χ3v) is 1.47. The number of carbonyl (C=O) groups is 1. The average Bonchev–Trinajstić information content (AvgIpc) is 1.87. The molecule has 0 saturated heterocycles. The molecule has 4 N–H and O–H groups in total. The molecule has 0 aliphatic carbocycles. The van der Waals surface area contributed by atoms with Gasteiger partial charge in [-0.05, 0) is 13.3 Å². The highest BCUT2D eigenvalue weighted by Crippen LogP contribution is 1.99. The molecule has 1 atom stereocenters. The summed E-state index contributed by atoms with van der Waals surface area (Å²) in [7, 11) is 0. The number of amides is 1. The van der Waals surface area contributed by atoms with E-state index in [0.29, 0.717) is 5.57 Å². The summed E-state index contributed by atoms with van der Waals surface area (Å²) in [5.41, 5.74) is 11.2. The number of carbonyl (C=O) groups excluding carboxylic acids is 1. The standard InChI is InChI=1S/C8H16N2O/c1-3-4-7(9)5-6(2)8(10)11/h5,7H,3-4,9H2,1-2H3,(H2,10,11)/b6-5-. The monoisotopic (exact) mass is 156 g/mol. The van der Waals surface area contributed by atoms with Crippen LogP contribution in [0.3, 0.4) is 0 Å². The number of primary amides is 1. The van der Waals surface area contributed by atoms with Crippen molar-refractivity contribution in [2.24, 2.45) is 11.5 Å². The largest absolute Gasteiger partial charge is 0.366 e. The first-order valence-corrected chi connectivity index (χ1v) is 3.81. The Labute approximate surface area is 67.4 Å². The second kappa shape index (κ2) is 4.91. The van der Waals surface area contributed by atoms with Crippen LogP contribution in [0.2, 0.25) is 0 Å². The molecule has 1 unspecified atom stereocenters. The van der Waals surface area contributed by atoms with Crippen LogP contribution in [0.1, 0.15) is 26.7 Å². The van der Waals surface area contributed by atoms with Gasteiger partial charge in [0, 0.05) is 11.6 Å². The summed E-state index contributed by atoms with van der Waals surface area (Å²) in [5, 5.41) is 0. The first-order valence-electron chi connectivity index (χ1n) is 3.81. The van der Waals surface area contributed by atoms with E-state index < -0.39 is 5.91 Å². The lowest BCUT2D eigenvalue weighted by Gasteiger charge is -2.04. The molecule has 64 valence electrons. The Balaban J connectivity index is 3.96. The van der Waals surface area contributed by atoms with Gasteiger partial charge in [-0.25, -0.2) is 0 Å². The maximum atomic E-state index is 10.5. The van der Waals surface area contributed by atoms with Crippen LogP contribution >= 0.6 is 0 Å². The SMILES string of the molecule is CCCC(N)/C=C(/C)C(N)=O. The highest BCUT2D eigenvalue weighted by Gasteiger charge is 2.00. The van der Waals surface area contributed by atoms with Crippen molar-refractivity contribution in [3.05, 3.63) is 11.6 Å². The maximum absolute atomic E-state index is 10.5. The molecule has 0 bridgehead atoms. The van der Waals surface area contributed by atoms with Crippen molar-refractivity contribution in [1.82, 2.24) is 0 Å². The van der Waals surface area contributed by atoms with E-state index in [9.17, 15) is 4.79 Å². The zero-order valence-corrected chi connectivity index (χ0v) is 7.13. The summed E-state index contributed by atoms with van der Waals surface area (Å²) in [4.78, 5) is 10.5. The molecular weight excluding hydrogens is 140 g/mol. The first-order chi connectivity index (χ1) is 5.07. The van der Waals surface area contributed by atoms with Gasteiger partial charge in [0.25, 0.3) is 0 Å². The molecule has 0 aliphatic rings. The van der Waals surface area contributed by atoms with E-state index >= 15 is 0 Å². The van der Waals surface area contributed by atoms with Gasteiger partial charge in [-0.15, -0.1) is 0 Å². The zero-order valence-electron chi connectivity index (χ0n) is 7.13. The van der Waals surface area contributed by atoms with Gasteiger partial charge in [-0.1, -0.05) is 19.4 Å². The van der Waals surface area contributed by atoms with Crippen LogP contribution in [-0.4, -0.2) is 11.9 Å². The molecular formula is C8H16N2O. The minimum absolute atomic E-state index is 0.0347. The van der Waals surface area contributed by atoms with Crippen LogP contribution in [0.15, 0.2) is 11.6 Å². The Bertz CT molecular complexity index is 163. The molecule has 0 spiro atoms. The fourth-order valence-corrected chi connectivity index (χ4v) is 0.820. The van der Waals surface area contributed by atoms with Crippen molar-refractivity contribution in [2.75, 3.05) is 0 Å². The fourth-order valence-electron chi connectivity index (χ4n) is 0.820. The molecule has 3 heteroatoms. The zero-order chi connectivity index (χ0) is 8.85. The molecule has 0 fully saturated rings. The Morgan fingerprint density at radius 3 is 2.55 bits per heavy atom. The third kappa shape index (κ3) is 4.56. The van der Waals surface area contributed by atoms with Crippen LogP contribution < -0.4 is 11.5 Å². The summed E-state index contributed by atoms with van der Waals surface area (Å²) >= 11 is 0. The van der Waals surface area contributed by atoms with E-state index in [1.165, 1.54) is 0 Å². The van der Waals surface area contributed by atoms with Crippen LogP contribution in [-0.2, 0) is 4.79 Å². The Morgan fingerprint density at radius 1 is 1.64 bits per heavy atom. The lowest BCUT2D eigenvalue weighted by molar-refractivity contribution is -0.114. The molecule has 1 amide bonds. The average molecular weight is 156 g/mol. The molecule has 0 heterocycles. The highest BCUT2D eigenvalue weighted by molar-refractivity contribution is 5.91. The summed E-state index contributed by atoms with van der Waals surface area (Å²) in [5.74, 6) is -0.392. The van der Waals surface area contributed by atoms with Gasteiger partial charge in [-0.3, -0.25) is 4.79 Å². The van der Waals surface area contributed by atoms with E-state index in [4.69, 9.17) is 11.5 Å². The molecule has 0 aliphatic heterocycles. The van der Waals surface area contributed by atoms with E-state index in [-0.39, 0.29) is 6.04 Å². The van der Waals surface area contributed by atoms with E-state index in [1.54, 1.807) is 13.0 Å². The van der Waals surface area contributed by atoms with Gasteiger partial charge in [0.05, 0.1) is 0 Å². The molecule has 0 aromatic carbocycles. The smallest absolute Gasteiger partial charge is 0.244 e. The maximum Gasteiger partial charge on any atom is 0.244 e. The minimum Gasteiger partial charge on any atom is -0.366 e. The number of rotatable bonds is 4. The summed E-state index contributed by atoms with van der Waals surface area (Å²) < 4.78 is 0. The summed E-state index contributed by atoms with van der Waals surface area (Å²) in [6.07, 6.45) is 3.63. The topological polar surface area (TPSA) is 69.1 Å². The number of hydrogen-bond acceptors (Lipinski definition) is 2. The van der Waals surface area contributed by atoms with Gasteiger partial charge >= 0.3 is 0 Å². The van der Waals surface area contributed by atoms with E-state index in [1.807, 2.05) is 6.92 Å². The van der Waals surface area contributed by atoms with Crippen molar-refractivity contribution in [2.45, 2.75) is 32.7 Å². The fraction of sp³-hybridized carbons (Fsp3) is 0.625.